The third kappa shape index (κ3) is 3.67. The Hall–Kier alpha value is -3.04. The van der Waals surface area contributed by atoms with Gasteiger partial charge in [-0.1, -0.05) is 17.7 Å². The molecule has 1 heterocycles. The van der Waals surface area contributed by atoms with Crippen LogP contribution < -0.4 is 10.1 Å². The van der Waals surface area contributed by atoms with Crippen molar-refractivity contribution in [2.45, 2.75) is 13.8 Å². The quantitative estimate of drug-likeness (QED) is 0.395. The van der Waals surface area contributed by atoms with Gasteiger partial charge in [-0.3, -0.25) is 0 Å². The SMILES string of the molecule is COc1ccc(-c2cc(=Nc3ccc(C)c(C)c3)c3cc(Cl)ccc3o2)cc1. The normalized spacial score (nSPS) is 11.8. The molecule has 0 radical (unpaired) electrons. The minimum atomic E-state index is 0.649. The standard InChI is InChI=1S/C24H20ClNO2/c1-15-4-8-19(12-16(15)2)26-22-14-24(17-5-9-20(27-3)10-6-17)28-23-11-7-18(25)13-21(22)23/h4-14H,1-3H3. The monoisotopic (exact) mass is 389 g/mol. The lowest BCUT2D eigenvalue weighted by Gasteiger charge is -2.07. The summed E-state index contributed by atoms with van der Waals surface area (Å²) in [4.78, 5) is 4.89. The molecule has 4 heteroatoms. The Balaban J connectivity index is 1.95. The van der Waals surface area contributed by atoms with E-state index in [4.69, 9.17) is 25.7 Å². The van der Waals surface area contributed by atoms with Gasteiger partial charge in [-0.05, 0) is 79.6 Å². The third-order valence-electron chi connectivity index (χ3n) is 4.82. The number of methoxy groups -OCH3 is 1. The summed E-state index contributed by atoms with van der Waals surface area (Å²) < 4.78 is 11.4. The number of benzene rings is 3. The number of fused-ring (bicyclic) bond motifs is 1. The summed E-state index contributed by atoms with van der Waals surface area (Å²) in [5.41, 5.74) is 5.04. The summed E-state index contributed by atoms with van der Waals surface area (Å²) in [6.45, 7) is 4.18. The lowest BCUT2D eigenvalue weighted by atomic mass is 10.1. The molecule has 0 atom stereocenters. The number of hydrogen-bond acceptors (Lipinski definition) is 3. The highest BCUT2D eigenvalue weighted by molar-refractivity contribution is 6.31. The highest BCUT2D eigenvalue weighted by atomic mass is 35.5. The van der Waals surface area contributed by atoms with Gasteiger partial charge >= 0.3 is 0 Å². The van der Waals surface area contributed by atoms with Crippen LogP contribution in [0.25, 0.3) is 22.3 Å². The van der Waals surface area contributed by atoms with Gasteiger partial charge in [0.1, 0.15) is 17.1 Å². The van der Waals surface area contributed by atoms with E-state index in [1.54, 1.807) is 7.11 Å². The van der Waals surface area contributed by atoms with Gasteiger partial charge in [0.15, 0.2) is 0 Å². The van der Waals surface area contributed by atoms with Crippen LogP contribution in [0.3, 0.4) is 0 Å². The number of halogens is 1. The zero-order valence-electron chi connectivity index (χ0n) is 16.0. The second-order valence-corrected chi connectivity index (χ2v) is 7.18. The van der Waals surface area contributed by atoms with Crippen molar-refractivity contribution in [2.24, 2.45) is 4.99 Å². The topological polar surface area (TPSA) is 34.7 Å². The predicted molar refractivity (Wildman–Crippen MR) is 114 cm³/mol. The van der Waals surface area contributed by atoms with Gasteiger partial charge in [0.2, 0.25) is 0 Å². The van der Waals surface area contributed by atoms with Gasteiger partial charge in [-0.15, -0.1) is 0 Å². The summed E-state index contributed by atoms with van der Waals surface area (Å²) in [6.07, 6.45) is 0. The molecule has 0 saturated heterocycles. The Bertz CT molecular complexity index is 1220. The molecule has 3 nitrogen and oxygen atoms in total. The van der Waals surface area contributed by atoms with Crippen molar-refractivity contribution < 1.29 is 9.15 Å². The van der Waals surface area contributed by atoms with Crippen LogP contribution in [0.2, 0.25) is 5.02 Å². The molecule has 4 aromatic rings. The summed E-state index contributed by atoms with van der Waals surface area (Å²) in [5, 5.41) is 2.34. The van der Waals surface area contributed by atoms with E-state index in [1.165, 1.54) is 11.1 Å². The Morgan fingerprint density at radius 3 is 2.36 bits per heavy atom. The Kier molecular flexibility index (Phi) is 4.93. The molecule has 0 saturated carbocycles. The summed E-state index contributed by atoms with van der Waals surface area (Å²) in [6, 6.07) is 21.5. The second kappa shape index (κ2) is 7.53. The molecule has 0 spiro atoms. The van der Waals surface area contributed by atoms with E-state index in [-0.39, 0.29) is 0 Å². The van der Waals surface area contributed by atoms with Gasteiger partial charge in [0, 0.05) is 22.0 Å². The van der Waals surface area contributed by atoms with Crippen molar-refractivity contribution in [1.82, 2.24) is 0 Å². The fourth-order valence-corrected chi connectivity index (χ4v) is 3.24. The van der Waals surface area contributed by atoms with E-state index < -0.39 is 0 Å². The molecule has 3 aromatic carbocycles. The maximum atomic E-state index is 6.23. The highest BCUT2D eigenvalue weighted by Gasteiger charge is 2.08. The van der Waals surface area contributed by atoms with Crippen LogP contribution in [0.1, 0.15) is 11.1 Å². The van der Waals surface area contributed by atoms with Crippen LogP contribution in [-0.4, -0.2) is 7.11 Å². The fraction of sp³-hybridized carbons (Fsp3) is 0.125. The fourth-order valence-electron chi connectivity index (χ4n) is 3.07. The number of hydrogen-bond donors (Lipinski definition) is 0. The zero-order valence-corrected chi connectivity index (χ0v) is 16.7. The zero-order chi connectivity index (χ0) is 19.7. The molecule has 0 N–H and O–H groups in total. The summed E-state index contributed by atoms with van der Waals surface area (Å²) in [7, 11) is 1.65. The minimum absolute atomic E-state index is 0.649. The first-order valence-electron chi connectivity index (χ1n) is 9.03. The minimum Gasteiger partial charge on any atom is -0.497 e. The maximum Gasteiger partial charge on any atom is 0.136 e. The molecule has 0 amide bonds. The van der Waals surface area contributed by atoms with E-state index in [0.29, 0.717) is 5.02 Å². The van der Waals surface area contributed by atoms with Crippen LogP contribution in [-0.2, 0) is 0 Å². The lowest BCUT2D eigenvalue weighted by molar-refractivity contribution is 0.415. The first-order valence-corrected chi connectivity index (χ1v) is 9.41. The van der Waals surface area contributed by atoms with Crippen LogP contribution in [0.15, 0.2) is 76.1 Å². The number of rotatable bonds is 3. The molecule has 0 fully saturated rings. The van der Waals surface area contributed by atoms with Crippen LogP contribution in [0, 0.1) is 13.8 Å². The maximum absolute atomic E-state index is 6.23. The van der Waals surface area contributed by atoms with Gasteiger partial charge in [0.05, 0.1) is 18.2 Å². The van der Waals surface area contributed by atoms with Gasteiger partial charge in [-0.2, -0.15) is 0 Å². The number of nitrogens with zero attached hydrogens (tertiary/aromatic N) is 1. The van der Waals surface area contributed by atoms with E-state index in [9.17, 15) is 0 Å². The molecule has 0 bridgehead atoms. The molecule has 0 aliphatic heterocycles. The van der Waals surface area contributed by atoms with Crippen molar-refractivity contribution in [3.05, 3.63) is 88.2 Å². The molecule has 1 aromatic heterocycles. The van der Waals surface area contributed by atoms with Gasteiger partial charge in [0.25, 0.3) is 0 Å². The van der Waals surface area contributed by atoms with Crippen molar-refractivity contribution in [3.63, 3.8) is 0 Å². The Morgan fingerprint density at radius 2 is 1.64 bits per heavy atom. The molecular formula is C24H20ClNO2. The Labute approximate surface area is 168 Å². The van der Waals surface area contributed by atoms with Crippen molar-refractivity contribution in [1.29, 1.82) is 0 Å². The highest BCUT2D eigenvalue weighted by Crippen LogP contribution is 2.26. The molecule has 28 heavy (non-hydrogen) atoms. The number of ether oxygens (including phenoxy) is 1. The van der Waals surface area contributed by atoms with Crippen LogP contribution in [0.4, 0.5) is 5.69 Å². The number of aryl methyl sites for hydroxylation is 2. The average molecular weight is 390 g/mol. The average Bonchev–Trinajstić information content (AvgIpc) is 2.71. The summed E-state index contributed by atoms with van der Waals surface area (Å²) in [5.74, 6) is 1.54. The van der Waals surface area contributed by atoms with Crippen LogP contribution in [0.5, 0.6) is 5.75 Å². The lowest BCUT2D eigenvalue weighted by Crippen LogP contribution is -2.03. The summed E-state index contributed by atoms with van der Waals surface area (Å²) >= 11 is 6.23. The first-order chi connectivity index (χ1) is 13.5. The van der Waals surface area contributed by atoms with E-state index in [2.05, 4.69) is 26.0 Å². The Morgan fingerprint density at radius 1 is 0.857 bits per heavy atom. The van der Waals surface area contributed by atoms with E-state index in [0.717, 1.165) is 39.1 Å². The van der Waals surface area contributed by atoms with Gasteiger partial charge in [-0.25, -0.2) is 4.99 Å². The molecule has 4 rings (SSSR count). The van der Waals surface area contributed by atoms with E-state index in [1.807, 2.05) is 54.6 Å². The molecule has 0 unspecified atom stereocenters. The van der Waals surface area contributed by atoms with Crippen LogP contribution >= 0.6 is 11.6 Å². The van der Waals surface area contributed by atoms with Crippen molar-refractivity contribution >= 4 is 28.3 Å². The van der Waals surface area contributed by atoms with Crippen molar-refractivity contribution in [3.8, 4) is 17.1 Å². The molecular weight excluding hydrogens is 370 g/mol. The predicted octanol–water partition coefficient (Wildman–Crippen LogP) is 6.61. The third-order valence-corrected chi connectivity index (χ3v) is 5.05. The first kappa shape index (κ1) is 18.3. The molecule has 140 valence electrons. The van der Waals surface area contributed by atoms with E-state index >= 15 is 0 Å². The van der Waals surface area contributed by atoms with Gasteiger partial charge < -0.3 is 9.15 Å². The smallest absolute Gasteiger partial charge is 0.136 e. The second-order valence-electron chi connectivity index (χ2n) is 6.75. The van der Waals surface area contributed by atoms with Crippen molar-refractivity contribution in [2.75, 3.05) is 7.11 Å². The molecule has 0 aliphatic carbocycles. The largest absolute Gasteiger partial charge is 0.497 e. The molecule has 0 aliphatic rings.